The molecule has 0 fully saturated rings. The molecule has 0 aromatic heterocycles. The lowest BCUT2D eigenvalue weighted by Gasteiger charge is -2.18. The summed E-state index contributed by atoms with van der Waals surface area (Å²) in [5.41, 5.74) is 0.273. The molecule has 0 aliphatic heterocycles. The Morgan fingerprint density at radius 1 is 1.09 bits per heavy atom. The number of benzene rings is 3. The summed E-state index contributed by atoms with van der Waals surface area (Å²) in [5.74, 6) is -1.54. The molecule has 0 amide bonds. The van der Waals surface area contributed by atoms with Crippen LogP contribution in [0.3, 0.4) is 0 Å². The lowest BCUT2D eigenvalue weighted by molar-refractivity contribution is -0.144. The molecule has 0 heterocycles. The van der Waals surface area contributed by atoms with Crippen molar-refractivity contribution in [1.29, 1.82) is 0 Å². The SMILES string of the molecule is C[C@@H](Oc1ccc(CN(C)[S+](O)c2ccc(F)cc2)cc1-c1cccc(C(F)(F)F)c1)C(=O)O. The number of hydrogen-bond acceptors (Lipinski definition) is 4. The fourth-order valence-electron chi connectivity index (χ4n) is 3.16. The first-order valence-electron chi connectivity index (χ1n) is 10.1. The van der Waals surface area contributed by atoms with Gasteiger partial charge in [0.15, 0.2) is 6.10 Å². The van der Waals surface area contributed by atoms with Crippen molar-refractivity contribution in [3.8, 4) is 16.9 Å². The van der Waals surface area contributed by atoms with Crippen LogP contribution in [0.25, 0.3) is 11.1 Å². The number of alkyl halides is 3. The summed E-state index contributed by atoms with van der Waals surface area (Å²) in [4.78, 5) is 11.7. The largest absolute Gasteiger partial charge is 0.479 e. The van der Waals surface area contributed by atoms with Gasteiger partial charge in [-0.2, -0.15) is 17.7 Å². The highest BCUT2D eigenvalue weighted by atomic mass is 32.2. The van der Waals surface area contributed by atoms with Gasteiger partial charge in [-0.3, -0.25) is 0 Å². The number of carboxylic acids is 1. The summed E-state index contributed by atoms with van der Waals surface area (Å²) in [5, 5.41) is 9.18. The minimum atomic E-state index is -4.55. The van der Waals surface area contributed by atoms with E-state index in [0.717, 1.165) is 12.1 Å². The van der Waals surface area contributed by atoms with E-state index in [1.165, 1.54) is 49.4 Å². The molecule has 3 rings (SSSR count). The maximum Gasteiger partial charge on any atom is 0.416 e. The van der Waals surface area contributed by atoms with E-state index in [-0.39, 0.29) is 23.4 Å². The van der Waals surface area contributed by atoms with Gasteiger partial charge in [-0.15, -0.1) is 0 Å². The molecule has 10 heteroatoms. The molecule has 5 nitrogen and oxygen atoms in total. The average molecular weight is 497 g/mol. The first kappa shape index (κ1) is 25.5. The van der Waals surface area contributed by atoms with Crippen molar-refractivity contribution in [3.05, 3.63) is 83.7 Å². The molecule has 3 aromatic carbocycles. The van der Waals surface area contributed by atoms with Crippen LogP contribution in [-0.4, -0.2) is 33.1 Å². The third kappa shape index (κ3) is 6.28. The van der Waals surface area contributed by atoms with Crippen molar-refractivity contribution in [1.82, 2.24) is 4.31 Å². The van der Waals surface area contributed by atoms with Gasteiger partial charge in [0, 0.05) is 24.7 Å². The summed E-state index contributed by atoms with van der Waals surface area (Å²) >= 11 is -1.37. The molecule has 180 valence electrons. The average Bonchev–Trinajstić information content (AvgIpc) is 2.79. The maximum absolute atomic E-state index is 13.3. The molecular formula is C24H22F4NO4S+. The minimum Gasteiger partial charge on any atom is -0.479 e. The molecule has 34 heavy (non-hydrogen) atoms. The van der Waals surface area contributed by atoms with Gasteiger partial charge in [-0.1, -0.05) is 22.5 Å². The van der Waals surface area contributed by atoms with Crippen molar-refractivity contribution in [2.45, 2.75) is 30.6 Å². The van der Waals surface area contributed by atoms with Crippen molar-refractivity contribution in [2.75, 3.05) is 7.05 Å². The van der Waals surface area contributed by atoms with Gasteiger partial charge in [0.2, 0.25) is 4.90 Å². The molecular weight excluding hydrogens is 474 g/mol. The van der Waals surface area contributed by atoms with Gasteiger partial charge in [-0.05, 0) is 54.4 Å². The van der Waals surface area contributed by atoms with E-state index in [2.05, 4.69) is 0 Å². The first-order chi connectivity index (χ1) is 16.0. The van der Waals surface area contributed by atoms with Gasteiger partial charge >= 0.3 is 12.1 Å². The Balaban J connectivity index is 1.96. The Labute approximate surface area is 196 Å². The maximum atomic E-state index is 13.3. The Morgan fingerprint density at radius 3 is 2.38 bits per heavy atom. The topological polar surface area (TPSA) is 70.0 Å². The lowest BCUT2D eigenvalue weighted by Crippen LogP contribution is -2.26. The van der Waals surface area contributed by atoms with E-state index in [0.29, 0.717) is 10.5 Å². The smallest absolute Gasteiger partial charge is 0.416 e. The highest BCUT2D eigenvalue weighted by molar-refractivity contribution is 7.89. The van der Waals surface area contributed by atoms with Crippen LogP contribution in [0, 0.1) is 5.82 Å². The van der Waals surface area contributed by atoms with Crippen LogP contribution in [0.4, 0.5) is 17.6 Å². The summed E-state index contributed by atoms with van der Waals surface area (Å²) in [6.45, 7) is 1.53. The highest BCUT2D eigenvalue weighted by Gasteiger charge is 2.31. The second kappa shape index (κ2) is 10.5. The van der Waals surface area contributed by atoms with Crippen molar-refractivity contribution >= 4 is 17.3 Å². The Kier molecular flexibility index (Phi) is 7.86. The third-order valence-electron chi connectivity index (χ3n) is 4.92. The Hall–Kier alpha value is -3.08. The van der Waals surface area contributed by atoms with Crippen LogP contribution in [0.15, 0.2) is 71.6 Å². The highest BCUT2D eigenvalue weighted by Crippen LogP contribution is 2.36. The van der Waals surface area contributed by atoms with Crippen molar-refractivity contribution < 1.29 is 36.8 Å². The molecule has 0 saturated heterocycles. The number of aliphatic carboxylic acids is 1. The monoisotopic (exact) mass is 496 g/mol. The first-order valence-corrected chi connectivity index (χ1v) is 11.2. The van der Waals surface area contributed by atoms with Crippen LogP contribution < -0.4 is 4.74 Å². The predicted octanol–water partition coefficient (Wildman–Crippen LogP) is 5.86. The standard InChI is InChI=1S/C24H21F4NO4S/c1-15(23(30)31)33-22-11-6-16(14-29(2)34(32)20-9-7-19(25)8-10-20)12-21(22)17-4-3-5-18(13-17)24(26,27)28/h3-13,15,32H,14H2,1-2H3/p+1/t15-,34?/m1/s1. The van der Waals surface area contributed by atoms with Crippen molar-refractivity contribution in [2.24, 2.45) is 0 Å². The van der Waals surface area contributed by atoms with E-state index in [1.54, 1.807) is 23.5 Å². The van der Waals surface area contributed by atoms with E-state index in [4.69, 9.17) is 4.74 Å². The van der Waals surface area contributed by atoms with Gasteiger partial charge in [0.25, 0.3) is 11.4 Å². The van der Waals surface area contributed by atoms with Crippen LogP contribution in [0.5, 0.6) is 5.75 Å². The zero-order chi connectivity index (χ0) is 25.0. The molecule has 0 saturated carbocycles. The number of halogens is 4. The van der Waals surface area contributed by atoms with Gasteiger partial charge in [0.05, 0.1) is 12.1 Å². The molecule has 0 bridgehead atoms. The van der Waals surface area contributed by atoms with Gasteiger partial charge in [0.1, 0.15) is 11.6 Å². The summed E-state index contributed by atoms with van der Waals surface area (Å²) in [6.07, 6.45) is -5.77. The molecule has 3 aromatic rings. The molecule has 2 N–H and O–H groups in total. The van der Waals surface area contributed by atoms with E-state index in [9.17, 15) is 32.0 Å². The lowest BCUT2D eigenvalue weighted by atomic mass is 9.99. The van der Waals surface area contributed by atoms with Crippen molar-refractivity contribution in [3.63, 3.8) is 0 Å². The quantitative estimate of drug-likeness (QED) is 0.302. The molecule has 1 unspecified atom stereocenters. The zero-order valence-electron chi connectivity index (χ0n) is 18.2. The molecule has 2 atom stereocenters. The third-order valence-corrected chi connectivity index (χ3v) is 6.33. The van der Waals surface area contributed by atoms with Crippen LogP contribution >= 0.6 is 0 Å². The summed E-state index contributed by atoms with van der Waals surface area (Å²) in [7, 11) is 1.65. The number of nitrogens with zero attached hydrogens (tertiary/aromatic N) is 1. The molecule has 0 aliphatic carbocycles. The van der Waals surface area contributed by atoms with E-state index >= 15 is 0 Å². The predicted molar refractivity (Wildman–Crippen MR) is 121 cm³/mol. The molecule has 0 spiro atoms. The minimum absolute atomic E-state index is 0.113. The zero-order valence-corrected chi connectivity index (χ0v) is 19.0. The summed E-state index contributed by atoms with van der Waals surface area (Å²) in [6, 6.07) is 14.8. The molecule has 0 radical (unpaired) electrons. The Morgan fingerprint density at radius 2 is 1.76 bits per heavy atom. The fraction of sp³-hybridized carbons (Fsp3) is 0.208. The van der Waals surface area contributed by atoms with E-state index < -0.39 is 41.0 Å². The molecule has 0 aliphatic rings. The number of ether oxygens (including phenoxy) is 1. The number of carbonyl (C=O) groups is 1. The van der Waals surface area contributed by atoms with Crippen LogP contribution in [-0.2, 0) is 28.9 Å². The van der Waals surface area contributed by atoms with Crippen LogP contribution in [0.2, 0.25) is 0 Å². The number of hydrogen-bond donors (Lipinski definition) is 2. The second-order valence-electron chi connectivity index (χ2n) is 7.51. The van der Waals surface area contributed by atoms with Gasteiger partial charge < -0.3 is 9.84 Å². The number of rotatable bonds is 8. The Bertz CT molecular complexity index is 1150. The second-order valence-corrected chi connectivity index (χ2v) is 9.13. The fourth-order valence-corrected chi connectivity index (χ4v) is 4.17. The van der Waals surface area contributed by atoms with Crippen LogP contribution in [0.1, 0.15) is 18.1 Å². The van der Waals surface area contributed by atoms with Gasteiger partial charge in [-0.25, -0.2) is 9.18 Å². The number of carboxylic acid groups (broad SMARTS) is 1. The summed E-state index contributed by atoms with van der Waals surface area (Å²) < 4.78 is 70.7. The van der Waals surface area contributed by atoms with E-state index in [1.807, 2.05) is 0 Å². The normalized spacial score (nSPS) is 13.5.